The fourth-order valence-electron chi connectivity index (χ4n) is 0.416. The molecule has 0 bridgehead atoms. The van der Waals surface area contributed by atoms with Crippen molar-refractivity contribution in [3.8, 4) is 0 Å². The summed E-state index contributed by atoms with van der Waals surface area (Å²) < 4.78 is 13.9. The summed E-state index contributed by atoms with van der Waals surface area (Å²) in [5, 5.41) is 0. The number of hydrogen-bond acceptors (Lipinski definition) is 2. The summed E-state index contributed by atoms with van der Waals surface area (Å²) in [6.45, 7) is 8.97. The van der Waals surface area contributed by atoms with Gasteiger partial charge in [-0.05, 0) is 34.6 Å². The number of aldehydes is 1. The number of carbonyl (C=O) groups is 1. The lowest BCUT2D eigenvalue weighted by Gasteiger charge is -2.25. The van der Waals surface area contributed by atoms with Gasteiger partial charge in [-0.1, -0.05) is 0 Å². The molecular weight excluding hydrogens is 174 g/mol. The molecule has 1 N–H and O–H groups in total. The molecule has 0 rings (SSSR count). The van der Waals surface area contributed by atoms with Gasteiger partial charge in [0.2, 0.25) is 0 Å². The molecule has 0 aromatic carbocycles. The molecule has 0 saturated heterocycles. The molecule has 0 aliphatic heterocycles. The minimum absolute atomic E-state index is 0.333. The highest BCUT2D eigenvalue weighted by atomic mass is 32.2. The lowest BCUT2D eigenvalue weighted by molar-refractivity contribution is -0.111. The minimum atomic E-state index is -1.19. The highest BCUT2D eigenvalue weighted by Gasteiger charge is 2.26. The van der Waals surface area contributed by atoms with Crippen LogP contribution in [0.2, 0.25) is 0 Å². The fourth-order valence-corrected chi connectivity index (χ4v) is 1.25. The van der Waals surface area contributed by atoms with Crippen molar-refractivity contribution >= 4 is 17.3 Å². The van der Waals surface area contributed by atoms with Crippen LogP contribution in [0.4, 0.5) is 0 Å². The lowest BCUT2D eigenvalue weighted by atomic mass is 10.1. The van der Waals surface area contributed by atoms with Crippen LogP contribution >= 0.6 is 0 Å². The van der Waals surface area contributed by atoms with Crippen LogP contribution in [-0.4, -0.2) is 20.8 Å². The smallest absolute Gasteiger partial charge is 0.140 e. The SMILES string of the molecule is CC(C)(C=O)N[S@](=O)C(C)(C)C. The zero-order valence-corrected chi connectivity index (χ0v) is 9.12. The molecule has 0 aliphatic carbocycles. The first-order valence-corrected chi connectivity index (χ1v) is 5.00. The average molecular weight is 191 g/mol. The van der Waals surface area contributed by atoms with Crippen molar-refractivity contribution in [2.45, 2.75) is 44.9 Å². The maximum atomic E-state index is 11.5. The van der Waals surface area contributed by atoms with Crippen molar-refractivity contribution in [2.24, 2.45) is 0 Å². The number of rotatable bonds is 3. The van der Waals surface area contributed by atoms with E-state index < -0.39 is 16.5 Å². The van der Waals surface area contributed by atoms with Gasteiger partial charge in [0.1, 0.15) is 6.29 Å². The van der Waals surface area contributed by atoms with Gasteiger partial charge < -0.3 is 4.79 Å². The second-order valence-corrected chi connectivity index (χ2v) is 6.29. The van der Waals surface area contributed by atoms with Gasteiger partial charge in [0, 0.05) is 0 Å². The molecule has 0 spiro atoms. The van der Waals surface area contributed by atoms with Crippen molar-refractivity contribution in [3.63, 3.8) is 0 Å². The first-order valence-electron chi connectivity index (χ1n) is 3.85. The summed E-state index contributed by atoms with van der Waals surface area (Å²) in [6.07, 6.45) is 0.761. The molecule has 0 heterocycles. The maximum absolute atomic E-state index is 11.5. The molecule has 0 unspecified atom stereocenters. The van der Waals surface area contributed by atoms with E-state index in [2.05, 4.69) is 4.72 Å². The standard InChI is InChI=1S/C8H17NO2S/c1-7(2,3)12(11)9-8(4,5)6-10/h6,9H,1-5H3/t12-/m1/s1. The number of nitrogens with one attached hydrogen (secondary N) is 1. The Morgan fingerprint density at radius 2 is 1.58 bits per heavy atom. The van der Waals surface area contributed by atoms with E-state index in [1.807, 2.05) is 20.8 Å². The van der Waals surface area contributed by atoms with Gasteiger partial charge >= 0.3 is 0 Å². The van der Waals surface area contributed by atoms with E-state index in [-0.39, 0.29) is 4.75 Å². The second kappa shape index (κ2) is 3.66. The second-order valence-electron chi connectivity index (χ2n) is 4.32. The van der Waals surface area contributed by atoms with Crippen LogP contribution in [0, 0.1) is 0 Å². The Kier molecular flexibility index (Phi) is 3.59. The monoisotopic (exact) mass is 191 g/mol. The Bertz CT molecular complexity index is 194. The third-order valence-corrected chi connectivity index (χ3v) is 3.03. The molecule has 1 atom stereocenters. The fraction of sp³-hybridized carbons (Fsp3) is 0.875. The summed E-state index contributed by atoms with van der Waals surface area (Å²) in [4.78, 5) is 10.5. The zero-order valence-electron chi connectivity index (χ0n) is 8.30. The molecule has 0 amide bonds. The van der Waals surface area contributed by atoms with E-state index >= 15 is 0 Å². The van der Waals surface area contributed by atoms with E-state index in [4.69, 9.17) is 0 Å². The molecule has 72 valence electrons. The summed E-state index contributed by atoms with van der Waals surface area (Å²) in [5.74, 6) is 0. The Morgan fingerprint density at radius 3 is 1.83 bits per heavy atom. The highest BCUT2D eigenvalue weighted by molar-refractivity contribution is 7.84. The average Bonchev–Trinajstić information content (AvgIpc) is 1.85. The van der Waals surface area contributed by atoms with Gasteiger partial charge in [0.05, 0.1) is 21.3 Å². The topological polar surface area (TPSA) is 46.2 Å². The van der Waals surface area contributed by atoms with Crippen LogP contribution in [0.15, 0.2) is 0 Å². The summed E-state index contributed by atoms with van der Waals surface area (Å²) in [5.41, 5.74) is -0.710. The third kappa shape index (κ3) is 3.97. The Hall–Kier alpha value is -0.220. The van der Waals surface area contributed by atoms with E-state index in [0.29, 0.717) is 0 Å². The molecule has 4 heteroatoms. The molecular formula is C8H17NO2S. The van der Waals surface area contributed by atoms with Crippen LogP contribution in [0.5, 0.6) is 0 Å². The zero-order chi connectivity index (χ0) is 9.99. The molecule has 12 heavy (non-hydrogen) atoms. The van der Waals surface area contributed by atoms with E-state index in [9.17, 15) is 9.00 Å². The van der Waals surface area contributed by atoms with Crippen LogP contribution in [0.25, 0.3) is 0 Å². The first-order chi connectivity index (χ1) is 5.19. The molecule has 0 aromatic rings. The summed E-state index contributed by atoms with van der Waals surface area (Å²) in [6, 6.07) is 0. The van der Waals surface area contributed by atoms with Gasteiger partial charge in [-0.15, -0.1) is 0 Å². The van der Waals surface area contributed by atoms with Gasteiger partial charge in [-0.25, -0.2) is 8.93 Å². The van der Waals surface area contributed by atoms with Gasteiger partial charge in [0.15, 0.2) is 0 Å². The van der Waals surface area contributed by atoms with E-state index in [1.54, 1.807) is 13.8 Å². The third-order valence-electron chi connectivity index (χ3n) is 1.21. The molecule has 0 aliphatic rings. The molecule has 0 radical (unpaired) electrons. The van der Waals surface area contributed by atoms with Crippen LogP contribution in [-0.2, 0) is 15.8 Å². The Labute approximate surface area is 76.5 Å². The Balaban J connectivity index is 4.29. The van der Waals surface area contributed by atoms with Crippen molar-refractivity contribution in [1.29, 1.82) is 0 Å². The molecule has 3 nitrogen and oxygen atoms in total. The van der Waals surface area contributed by atoms with Crippen molar-refractivity contribution in [2.75, 3.05) is 0 Å². The van der Waals surface area contributed by atoms with Gasteiger partial charge in [0.25, 0.3) is 0 Å². The predicted octanol–water partition coefficient (Wildman–Crippen LogP) is 1.02. The maximum Gasteiger partial charge on any atom is 0.140 e. The van der Waals surface area contributed by atoms with Crippen LogP contribution in [0.3, 0.4) is 0 Å². The predicted molar refractivity (Wildman–Crippen MR) is 51.2 cm³/mol. The van der Waals surface area contributed by atoms with E-state index in [0.717, 1.165) is 6.29 Å². The van der Waals surface area contributed by atoms with Crippen LogP contribution in [0.1, 0.15) is 34.6 Å². The van der Waals surface area contributed by atoms with E-state index in [1.165, 1.54) is 0 Å². The largest absolute Gasteiger partial charge is 0.301 e. The van der Waals surface area contributed by atoms with Crippen molar-refractivity contribution in [3.05, 3.63) is 0 Å². The highest BCUT2D eigenvalue weighted by Crippen LogP contribution is 2.11. The molecule has 0 aromatic heterocycles. The molecule has 0 fully saturated rings. The van der Waals surface area contributed by atoms with Crippen molar-refractivity contribution in [1.82, 2.24) is 4.72 Å². The normalized spacial score (nSPS) is 15.8. The first kappa shape index (κ1) is 11.8. The summed E-state index contributed by atoms with van der Waals surface area (Å²) in [7, 11) is -1.19. The van der Waals surface area contributed by atoms with Crippen molar-refractivity contribution < 1.29 is 9.00 Å². The lowest BCUT2D eigenvalue weighted by Crippen LogP contribution is -2.47. The minimum Gasteiger partial charge on any atom is -0.301 e. The molecule has 0 saturated carbocycles. The quantitative estimate of drug-likeness (QED) is 0.677. The number of hydrogen-bond donors (Lipinski definition) is 1. The van der Waals surface area contributed by atoms with Crippen LogP contribution < -0.4 is 4.72 Å². The van der Waals surface area contributed by atoms with Gasteiger partial charge in [-0.2, -0.15) is 0 Å². The number of carbonyl (C=O) groups excluding carboxylic acids is 1. The Morgan fingerprint density at radius 1 is 1.17 bits per heavy atom. The van der Waals surface area contributed by atoms with Gasteiger partial charge in [-0.3, -0.25) is 0 Å². The summed E-state index contributed by atoms with van der Waals surface area (Å²) >= 11 is 0.